The van der Waals surface area contributed by atoms with Crippen molar-refractivity contribution in [3.05, 3.63) is 40.1 Å². The van der Waals surface area contributed by atoms with Gasteiger partial charge >= 0.3 is 5.69 Å². The van der Waals surface area contributed by atoms with Crippen LogP contribution in [0.5, 0.6) is 0 Å². The molecule has 1 aromatic heterocycles. The number of nitrogens with one attached hydrogen (secondary N) is 1. The Morgan fingerprint density at radius 2 is 2.33 bits per heavy atom. The molecule has 0 spiro atoms. The molecule has 1 heterocycles. The molecule has 0 amide bonds. The Morgan fingerprint density at radius 1 is 1.53 bits per heavy atom. The number of rotatable bonds is 2. The van der Waals surface area contributed by atoms with Gasteiger partial charge in [-0.2, -0.15) is 0 Å². The van der Waals surface area contributed by atoms with E-state index in [2.05, 4.69) is 9.83 Å². The van der Waals surface area contributed by atoms with E-state index < -0.39 is 0 Å². The fraction of sp³-hybridized carbons (Fsp3) is 0.200. The topological polar surface area (TPSA) is 62.4 Å². The van der Waals surface area contributed by atoms with Crippen LogP contribution in [0.1, 0.15) is 0 Å². The zero-order valence-electron chi connectivity index (χ0n) is 7.90. The molecule has 0 bridgehead atoms. The van der Waals surface area contributed by atoms with Crippen molar-refractivity contribution < 1.29 is 5.11 Å². The van der Waals surface area contributed by atoms with Gasteiger partial charge in [-0.25, -0.2) is 9.64 Å². The number of benzene rings is 1. The molecule has 0 aliphatic rings. The standard InChI is InChI=1S/C10H9N3O2/c1-11-7-2-3-9-8(6-7)12-10(15)13(9)4-5-14/h2-3,6,14H,4-5H2,(H,12,15). The van der Waals surface area contributed by atoms with Gasteiger partial charge in [0.1, 0.15) is 0 Å². The molecule has 0 unspecified atom stereocenters. The predicted octanol–water partition coefficient (Wildman–Crippen LogP) is 0.873. The average Bonchev–Trinajstić information content (AvgIpc) is 2.55. The van der Waals surface area contributed by atoms with E-state index >= 15 is 0 Å². The Labute approximate surface area is 85.4 Å². The van der Waals surface area contributed by atoms with E-state index in [1.807, 2.05) is 0 Å². The average molecular weight is 203 g/mol. The second kappa shape index (κ2) is 3.59. The first-order chi connectivity index (χ1) is 7.26. The van der Waals surface area contributed by atoms with Crippen molar-refractivity contribution in [3.8, 4) is 0 Å². The first kappa shape index (κ1) is 9.49. The third kappa shape index (κ3) is 1.51. The van der Waals surface area contributed by atoms with Gasteiger partial charge in [0.25, 0.3) is 0 Å². The number of hydrogen-bond donors (Lipinski definition) is 2. The van der Waals surface area contributed by atoms with Gasteiger partial charge in [0.15, 0.2) is 5.69 Å². The number of fused-ring (bicyclic) bond motifs is 1. The highest BCUT2D eigenvalue weighted by molar-refractivity contribution is 5.79. The number of hydrogen-bond acceptors (Lipinski definition) is 2. The molecule has 0 saturated heterocycles. The van der Waals surface area contributed by atoms with Crippen LogP contribution in [-0.2, 0) is 6.54 Å². The molecule has 2 N–H and O–H groups in total. The maximum atomic E-state index is 11.4. The molecule has 0 radical (unpaired) electrons. The first-order valence-corrected chi connectivity index (χ1v) is 4.47. The lowest BCUT2D eigenvalue weighted by molar-refractivity contribution is 0.276. The fourth-order valence-electron chi connectivity index (χ4n) is 1.54. The Kier molecular flexibility index (Phi) is 2.27. The van der Waals surface area contributed by atoms with E-state index in [0.717, 1.165) is 0 Å². The summed E-state index contributed by atoms with van der Waals surface area (Å²) in [6.45, 7) is 7.02. The molecule has 0 aliphatic heterocycles. The number of aromatic amines is 1. The summed E-state index contributed by atoms with van der Waals surface area (Å²) in [5.74, 6) is 0. The summed E-state index contributed by atoms with van der Waals surface area (Å²) in [5, 5.41) is 8.80. The van der Waals surface area contributed by atoms with Gasteiger partial charge in [0.05, 0.1) is 30.8 Å². The summed E-state index contributed by atoms with van der Waals surface area (Å²) >= 11 is 0. The molecule has 0 atom stereocenters. The van der Waals surface area contributed by atoms with Crippen molar-refractivity contribution in [1.82, 2.24) is 9.55 Å². The molecular weight excluding hydrogens is 194 g/mol. The summed E-state index contributed by atoms with van der Waals surface area (Å²) in [5.41, 5.74) is 1.56. The van der Waals surface area contributed by atoms with Crippen LogP contribution in [0.3, 0.4) is 0 Å². The molecular formula is C10H9N3O2. The van der Waals surface area contributed by atoms with Gasteiger partial charge in [0.2, 0.25) is 0 Å². The Hall–Kier alpha value is -2.06. The maximum Gasteiger partial charge on any atom is 0.326 e. The van der Waals surface area contributed by atoms with Gasteiger partial charge in [-0.3, -0.25) is 4.57 Å². The van der Waals surface area contributed by atoms with E-state index in [1.165, 1.54) is 4.57 Å². The largest absolute Gasteiger partial charge is 0.395 e. The molecule has 2 rings (SSSR count). The zero-order chi connectivity index (χ0) is 10.8. The van der Waals surface area contributed by atoms with E-state index in [0.29, 0.717) is 16.7 Å². The summed E-state index contributed by atoms with van der Waals surface area (Å²) in [6.07, 6.45) is 0. The molecule has 0 aliphatic carbocycles. The molecule has 1 aromatic carbocycles. The fourth-order valence-corrected chi connectivity index (χ4v) is 1.54. The second-order valence-electron chi connectivity index (χ2n) is 3.12. The highest BCUT2D eigenvalue weighted by Gasteiger charge is 2.05. The summed E-state index contributed by atoms with van der Waals surface area (Å²) < 4.78 is 1.45. The summed E-state index contributed by atoms with van der Waals surface area (Å²) in [4.78, 5) is 17.4. The van der Waals surface area contributed by atoms with Crippen LogP contribution in [0.15, 0.2) is 23.0 Å². The summed E-state index contributed by atoms with van der Waals surface area (Å²) in [7, 11) is 0. The molecule has 0 fully saturated rings. The van der Waals surface area contributed by atoms with E-state index in [1.54, 1.807) is 18.2 Å². The molecule has 2 aromatic rings. The second-order valence-corrected chi connectivity index (χ2v) is 3.12. The van der Waals surface area contributed by atoms with Crippen molar-refractivity contribution in [2.45, 2.75) is 6.54 Å². The van der Waals surface area contributed by atoms with Crippen LogP contribution in [0.25, 0.3) is 15.9 Å². The smallest absolute Gasteiger partial charge is 0.326 e. The van der Waals surface area contributed by atoms with Crippen molar-refractivity contribution >= 4 is 16.7 Å². The normalized spacial score (nSPS) is 10.4. The lowest BCUT2D eigenvalue weighted by Crippen LogP contribution is -2.18. The van der Waals surface area contributed by atoms with Crippen molar-refractivity contribution in [2.75, 3.05) is 6.61 Å². The Balaban J connectivity index is 2.70. The minimum Gasteiger partial charge on any atom is -0.395 e. The Morgan fingerprint density at radius 3 is 3.00 bits per heavy atom. The molecule has 5 heteroatoms. The quantitative estimate of drug-likeness (QED) is 0.711. The van der Waals surface area contributed by atoms with Crippen LogP contribution < -0.4 is 5.69 Å². The number of imidazole rings is 1. The van der Waals surface area contributed by atoms with E-state index in [4.69, 9.17) is 11.7 Å². The van der Waals surface area contributed by atoms with Gasteiger partial charge < -0.3 is 10.1 Å². The van der Waals surface area contributed by atoms with E-state index in [-0.39, 0.29) is 18.8 Å². The van der Waals surface area contributed by atoms with Crippen LogP contribution in [0, 0.1) is 6.57 Å². The molecule has 15 heavy (non-hydrogen) atoms. The highest BCUT2D eigenvalue weighted by Crippen LogP contribution is 2.18. The maximum absolute atomic E-state index is 11.4. The number of nitrogens with zero attached hydrogens (tertiary/aromatic N) is 2. The van der Waals surface area contributed by atoms with Crippen molar-refractivity contribution in [1.29, 1.82) is 0 Å². The molecule has 0 saturated carbocycles. The number of aromatic nitrogens is 2. The Bertz CT molecular complexity index is 589. The van der Waals surface area contributed by atoms with E-state index in [9.17, 15) is 4.79 Å². The van der Waals surface area contributed by atoms with Crippen LogP contribution >= 0.6 is 0 Å². The van der Waals surface area contributed by atoms with Crippen LogP contribution in [0.4, 0.5) is 5.69 Å². The van der Waals surface area contributed by atoms with Crippen molar-refractivity contribution in [2.24, 2.45) is 0 Å². The minimum atomic E-state index is -0.263. The van der Waals surface area contributed by atoms with Crippen LogP contribution in [0.2, 0.25) is 0 Å². The number of aliphatic hydroxyl groups is 1. The minimum absolute atomic E-state index is 0.0859. The van der Waals surface area contributed by atoms with Gasteiger partial charge in [-0.05, 0) is 12.1 Å². The SMILES string of the molecule is [C-]#[N+]c1ccc2c(c1)[nH]c(=O)n2CCO. The van der Waals surface area contributed by atoms with Gasteiger partial charge in [0, 0.05) is 0 Å². The zero-order valence-corrected chi connectivity index (χ0v) is 7.90. The van der Waals surface area contributed by atoms with Crippen LogP contribution in [-0.4, -0.2) is 21.3 Å². The lowest BCUT2D eigenvalue weighted by atomic mass is 10.3. The predicted molar refractivity (Wildman–Crippen MR) is 55.9 cm³/mol. The highest BCUT2D eigenvalue weighted by atomic mass is 16.3. The number of H-pyrrole nitrogens is 1. The molecule has 5 nitrogen and oxygen atoms in total. The third-order valence-electron chi connectivity index (χ3n) is 2.21. The number of aliphatic hydroxyl groups excluding tert-OH is 1. The third-order valence-corrected chi connectivity index (χ3v) is 2.21. The van der Waals surface area contributed by atoms with Gasteiger partial charge in [-0.1, -0.05) is 6.07 Å². The molecule has 76 valence electrons. The monoisotopic (exact) mass is 203 g/mol. The first-order valence-electron chi connectivity index (χ1n) is 4.47. The van der Waals surface area contributed by atoms with Gasteiger partial charge in [-0.15, -0.1) is 0 Å². The lowest BCUT2D eigenvalue weighted by Gasteiger charge is -1.99. The van der Waals surface area contributed by atoms with Crippen molar-refractivity contribution in [3.63, 3.8) is 0 Å². The summed E-state index contributed by atoms with van der Waals surface area (Å²) in [6, 6.07) is 4.98.